The lowest BCUT2D eigenvalue weighted by atomic mass is 9.82. The van der Waals surface area contributed by atoms with E-state index in [0.717, 1.165) is 43.2 Å². The van der Waals surface area contributed by atoms with Gasteiger partial charge in [-0.15, -0.1) is 0 Å². The van der Waals surface area contributed by atoms with Crippen molar-refractivity contribution in [2.45, 2.75) is 38.7 Å². The molecule has 0 radical (unpaired) electrons. The molecule has 3 rings (SSSR count). The van der Waals surface area contributed by atoms with Crippen LogP contribution in [0.15, 0.2) is 12.1 Å². The Bertz CT molecular complexity index is 654. The SMILES string of the molecule is CCNC(=S)N1CCC2(CC1)CC(=O)c1cc(Cl)cc(C)c1O2. The lowest BCUT2D eigenvalue weighted by molar-refractivity contribution is 0.00308. The first-order valence-electron chi connectivity index (χ1n) is 7.99. The van der Waals surface area contributed by atoms with Crippen molar-refractivity contribution in [1.82, 2.24) is 10.2 Å². The first kappa shape index (κ1) is 16.5. The number of aryl methyl sites for hydroxylation is 1. The predicted octanol–water partition coefficient (Wildman–Crippen LogP) is 3.34. The van der Waals surface area contributed by atoms with E-state index in [1.807, 2.05) is 19.9 Å². The number of nitrogens with one attached hydrogen (secondary N) is 1. The standard InChI is InChI=1S/C17H21ClN2O2S/c1-3-19-16(23)20-6-4-17(5-7-20)10-14(21)13-9-12(18)8-11(2)15(13)22-17/h8-9H,3-7,10H2,1-2H3,(H,19,23). The van der Waals surface area contributed by atoms with Gasteiger partial charge in [-0.3, -0.25) is 4.79 Å². The maximum atomic E-state index is 12.6. The molecule has 0 unspecified atom stereocenters. The molecule has 4 nitrogen and oxygen atoms in total. The Hall–Kier alpha value is -1.33. The number of ether oxygens (including phenoxy) is 1. The molecule has 2 aliphatic heterocycles. The van der Waals surface area contributed by atoms with Gasteiger partial charge in [-0.2, -0.15) is 0 Å². The highest BCUT2D eigenvalue weighted by atomic mass is 35.5. The van der Waals surface area contributed by atoms with Crippen molar-refractivity contribution >= 4 is 34.7 Å². The van der Waals surface area contributed by atoms with E-state index >= 15 is 0 Å². The molecule has 1 aromatic rings. The number of carbonyl (C=O) groups excluding carboxylic acids is 1. The van der Waals surface area contributed by atoms with Crippen LogP contribution in [0.1, 0.15) is 42.1 Å². The molecule has 0 atom stereocenters. The molecule has 0 aliphatic carbocycles. The summed E-state index contributed by atoms with van der Waals surface area (Å²) in [5.74, 6) is 0.827. The Morgan fingerprint density at radius 3 is 2.78 bits per heavy atom. The number of rotatable bonds is 1. The van der Waals surface area contributed by atoms with Gasteiger partial charge in [0.2, 0.25) is 0 Å². The number of ketones is 1. The summed E-state index contributed by atoms with van der Waals surface area (Å²) in [6, 6.07) is 3.57. The van der Waals surface area contributed by atoms with Crippen LogP contribution in [0.4, 0.5) is 0 Å². The molecular formula is C17H21ClN2O2S. The molecule has 1 N–H and O–H groups in total. The monoisotopic (exact) mass is 352 g/mol. The third kappa shape index (κ3) is 3.17. The minimum absolute atomic E-state index is 0.125. The molecule has 2 heterocycles. The minimum Gasteiger partial charge on any atom is -0.486 e. The van der Waals surface area contributed by atoms with Gasteiger partial charge in [0.1, 0.15) is 11.4 Å². The Morgan fingerprint density at radius 1 is 1.43 bits per heavy atom. The van der Waals surface area contributed by atoms with Crippen molar-refractivity contribution in [3.05, 3.63) is 28.3 Å². The summed E-state index contributed by atoms with van der Waals surface area (Å²) in [6.45, 7) is 6.41. The predicted molar refractivity (Wildman–Crippen MR) is 95.6 cm³/mol. The number of thiocarbonyl (C=S) groups is 1. The third-order valence-corrected chi connectivity index (χ3v) is 5.25. The number of likely N-dealkylation sites (tertiary alicyclic amines) is 1. The maximum Gasteiger partial charge on any atom is 0.170 e. The molecule has 1 spiro atoms. The Morgan fingerprint density at radius 2 is 2.13 bits per heavy atom. The fraction of sp³-hybridized carbons (Fsp3) is 0.529. The van der Waals surface area contributed by atoms with Gasteiger partial charge in [-0.1, -0.05) is 11.6 Å². The lowest BCUT2D eigenvalue weighted by Gasteiger charge is -2.45. The number of Topliss-reactive ketones (excluding diaryl/α,β-unsaturated/α-hetero) is 1. The smallest absolute Gasteiger partial charge is 0.170 e. The van der Waals surface area contributed by atoms with E-state index < -0.39 is 5.60 Å². The molecular weight excluding hydrogens is 332 g/mol. The average Bonchev–Trinajstić information content (AvgIpc) is 2.50. The first-order valence-corrected chi connectivity index (χ1v) is 8.78. The van der Waals surface area contributed by atoms with Crippen LogP contribution in [0.25, 0.3) is 0 Å². The molecule has 0 bridgehead atoms. The number of halogens is 1. The summed E-state index contributed by atoms with van der Waals surface area (Å²) in [6.07, 6.45) is 2.01. The second kappa shape index (κ2) is 6.29. The van der Waals surface area contributed by atoms with Gasteiger partial charge in [0.05, 0.1) is 12.0 Å². The molecule has 1 fully saturated rings. The van der Waals surface area contributed by atoms with Crippen LogP contribution in [0, 0.1) is 6.92 Å². The summed E-state index contributed by atoms with van der Waals surface area (Å²) in [5, 5.41) is 4.55. The molecule has 2 aliphatic rings. The maximum absolute atomic E-state index is 12.6. The fourth-order valence-electron chi connectivity index (χ4n) is 3.37. The largest absolute Gasteiger partial charge is 0.486 e. The average molecular weight is 353 g/mol. The van der Waals surface area contributed by atoms with Crippen molar-refractivity contribution in [2.24, 2.45) is 0 Å². The van der Waals surface area contributed by atoms with Gasteiger partial charge in [-0.25, -0.2) is 0 Å². The van der Waals surface area contributed by atoms with Crippen molar-refractivity contribution in [3.63, 3.8) is 0 Å². The number of hydrogen-bond donors (Lipinski definition) is 1. The highest BCUT2D eigenvalue weighted by molar-refractivity contribution is 7.80. The van der Waals surface area contributed by atoms with E-state index in [1.54, 1.807) is 6.07 Å². The fourth-order valence-corrected chi connectivity index (χ4v) is 3.97. The molecule has 1 aromatic carbocycles. The second-order valence-electron chi connectivity index (χ2n) is 6.31. The number of carbonyl (C=O) groups is 1. The Balaban J connectivity index is 1.79. The van der Waals surface area contributed by atoms with E-state index in [2.05, 4.69) is 10.2 Å². The summed E-state index contributed by atoms with van der Waals surface area (Å²) in [7, 11) is 0. The molecule has 23 heavy (non-hydrogen) atoms. The number of benzene rings is 1. The van der Waals surface area contributed by atoms with Gasteiger partial charge < -0.3 is 15.0 Å². The van der Waals surface area contributed by atoms with E-state index in [4.69, 9.17) is 28.6 Å². The van der Waals surface area contributed by atoms with Crippen molar-refractivity contribution < 1.29 is 9.53 Å². The summed E-state index contributed by atoms with van der Waals surface area (Å²) in [5.41, 5.74) is 1.14. The van der Waals surface area contributed by atoms with Gasteiger partial charge in [0.15, 0.2) is 10.9 Å². The zero-order valence-electron chi connectivity index (χ0n) is 13.4. The Labute approximate surface area is 147 Å². The molecule has 1 saturated heterocycles. The van der Waals surface area contributed by atoms with Gasteiger partial charge >= 0.3 is 0 Å². The zero-order valence-corrected chi connectivity index (χ0v) is 15.0. The second-order valence-corrected chi connectivity index (χ2v) is 7.13. The van der Waals surface area contributed by atoms with E-state index in [0.29, 0.717) is 22.8 Å². The van der Waals surface area contributed by atoms with Crippen LogP contribution in [-0.4, -0.2) is 41.0 Å². The highest BCUT2D eigenvalue weighted by Gasteiger charge is 2.43. The lowest BCUT2D eigenvalue weighted by Crippen LogP contribution is -2.54. The number of nitrogens with zero attached hydrogens (tertiary/aromatic N) is 1. The van der Waals surface area contributed by atoms with Crippen molar-refractivity contribution in [1.29, 1.82) is 0 Å². The van der Waals surface area contributed by atoms with E-state index in [1.165, 1.54) is 0 Å². The zero-order chi connectivity index (χ0) is 16.6. The normalized spacial score (nSPS) is 19.3. The minimum atomic E-state index is -0.402. The molecule has 0 amide bonds. The van der Waals surface area contributed by atoms with Crippen molar-refractivity contribution in [3.8, 4) is 5.75 Å². The summed E-state index contributed by atoms with van der Waals surface area (Å²) in [4.78, 5) is 14.7. The van der Waals surface area contributed by atoms with Crippen LogP contribution in [0.5, 0.6) is 5.75 Å². The quantitative estimate of drug-likeness (QED) is 0.785. The van der Waals surface area contributed by atoms with Crippen LogP contribution in [0.2, 0.25) is 5.02 Å². The number of fused-ring (bicyclic) bond motifs is 1. The molecule has 0 saturated carbocycles. The van der Waals surface area contributed by atoms with Crippen LogP contribution < -0.4 is 10.1 Å². The van der Waals surface area contributed by atoms with E-state index in [-0.39, 0.29) is 5.78 Å². The topological polar surface area (TPSA) is 41.6 Å². The molecule has 6 heteroatoms. The van der Waals surface area contributed by atoms with Gasteiger partial charge in [-0.05, 0) is 43.8 Å². The highest BCUT2D eigenvalue weighted by Crippen LogP contribution is 2.42. The van der Waals surface area contributed by atoms with Crippen LogP contribution >= 0.6 is 23.8 Å². The molecule has 0 aromatic heterocycles. The number of hydrogen-bond acceptors (Lipinski definition) is 3. The van der Waals surface area contributed by atoms with Crippen LogP contribution in [0.3, 0.4) is 0 Å². The summed E-state index contributed by atoms with van der Waals surface area (Å²) >= 11 is 11.4. The Kier molecular flexibility index (Phi) is 4.52. The van der Waals surface area contributed by atoms with Crippen molar-refractivity contribution in [2.75, 3.05) is 19.6 Å². The van der Waals surface area contributed by atoms with Crippen LogP contribution in [-0.2, 0) is 0 Å². The first-order chi connectivity index (χ1) is 10.9. The van der Waals surface area contributed by atoms with E-state index in [9.17, 15) is 4.79 Å². The number of piperidine rings is 1. The van der Waals surface area contributed by atoms with Gasteiger partial charge in [0.25, 0.3) is 0 Å². The summed E-state index contributed by atoms with van der Waals surface area (Å²) < 4.78 is 6.33. The van der Waals surface area contributed by atoms with Gasteiger partial charge in [0, 0.05) is 37.5 Å². The molecule has 124 valence electrons. The third-order valence-electron chi connectivity index (χ3n) is 4.63.